The number of hydrogen-bond donors (Lipinski definition) is 0. The lowest BCUT2D eigenvalue weighted by atomic mass is 9.68. The lowest BCUT2D eigenvalue weighted by molar-refractivity contribution is -0.144. The van der Waals surface area contributed by atoms with Gasteiger partial charge in [-0.25, -0.2) is 0 Å². The first kappa shape index (κ1) is 9.20. The summed E-state index contributed by atoms with van der Waals surface area (Å²) in [5.41, 5.74) is 1.33. The van der Waals surface area contributed by atoms with E-state index in [1.54, 1.807) is 0 Å². The third-order valence-corrected chi connectivity index (χ3v) is 3.37. The molecule has 2 aliphatic rings. The molecule has 2 rings (SSSR count). The van der Waals surface area contributed by atoms with Gasteiger partial charge in [0, 0.05) is 6.92 Å². The van der Waals surface area contributed by atoms with Crippen LogP contribution in [0.5, 0.6) is 0 Å². The molecule has 0 amide bonds. The molecule has 0 radical (unpaired) electrons. The summed E-state index contributed by atoms with van der Waals surface area (Å²) in [5, 5.41) is 0. The van der Waals surface area contributed by atoms with Gasteiger partial charge >= 0.3 is 5.97 Å². The highest BCUT2D eigenvalue weighted by Crippen LogP contribution is 2.44. The molecule has 0 aromatic heterocycles. The molecule has 2 heteroatoms. The second-order valence-electron chi connectivity index (χ2n) is 4.66. The molecule has 0 aliphatic heterocycles. The lowest BCUT2D eigenvalue weighted by Gasteiger charge is -2.38. The summed E-state index contributed by atoms with van der Waals surface area (Å²) >= 11 is 0. The zero-order valence-electron chi connectivity index (χ0n) is 10.4. The average Bonchev–Trinajstić information content (AvgIpc) is 2.18. The van der Waals surface area contributed by atoms with Gasteiger partial charge in [-0.05, 0) is 42.7 Å². The maximum Gasteiger partial charge on any atom is 0.303 e. The predicted octanol–water partition coefficient (Wildman–Crippen LogP) is 2.99. The van der Waals surface area contributed by atoms with Crippen LogP contribution >= 0.6 is 0 Å². The van der Waals surface area contributed by atoms with Crippen molar-refractivity contribution >= 4 is 5.97 Å². The van der Waals surface area contributed by atoms with Crippen molar-refractivity contribution in [1.29, 1.82) is 0 Å². The van der Waals surface area contributed by atoms with Crippen LogP contribution in [0.15, 0.2) is 23.8 Å². The number of ether oxygens (including phenoxy) is 1. The van der Waals surface area contributed by atoms with Gasteiger partial charge in [0.25, 0.3) is 0 Å². The van der Waals surface area contributed by atoms with E-state index in [1.165, 1.54) is 6.92 Å². The maximum absolute atomic E-state index is 11.0. The van der Waals surface area contributed by atoms with Crippen LogP contribution in [0.4, 0.5) is 0 Å². The minimum absolute atomic E-state index is 0.180. The fraction of sp³-hybridized carbons (Fsp3) is 0.615. The molecule has 0 N–H and O–H groups in total. The average molecular weight is 207 g/mol. The van der Waals surface area contributed by atoms with Crippen molar-refractivity contribution in [2.45, 2.75) is 45.6 Å². The van der Waals surface area contributed by atoms with Gasteiger partial charge in [-0.2, -0.15) is 0 Å². The molecule has 0 fully saturated rings. The number of rotatable bonds is 1. The van der Waals surface area contributed by atoms with E-state index in [-0.39, 0.29) is 11.4 Å². The third-order valence-electron chi connectivity index (χ3n) is 3.37. The zero-order valence-corrected chi connectivity index (χ0v) is 9.38. The van der Waals surface area contributed by atoms with Crippen LogP contribution in [0.25, 0.3) is 0 Å². The van der Waals surface area contributed by atoms with Gasteiger partial charge in [-0.1, -0.05) is 19.1 Å². The van der Waals surface area contributed by atoms with Gasteiger partial charge in [-0.3, -0.25) is 4.79 Å². The molecule has 0 bridgehead atoms. The van der Waals surface area contributed by atoms with Gasteiger partial charge < -0.3 is 4.74 Å². The molecule has 0 saturated carbocycles. The number of carbonyl (C=O) groups excluding carboxylic acids is 1. The smallest absolute Gasteiger partial charge is 0.303 e. The Morgan fingerprint density at radius 1 is 1.67 bits per heavy atom. The number of allylic oxidation sites excluding steroid dienone is 3. The Labute approximate surface area is 92.4 Å². The van der Waals surface area contributed by atoms with E-state index in [9.17, 15) is 4.79 Å². The molecule has 0 unspecified atom stereocenters. The Morgan fingerprint density at radius 3 is 3.20 bits per heavy atom. The number of carbonyl (C=O) groups is 1. The molecular formula is C13H18O2. The topological polar surface area (TPSA) is 26.3 Å². The SMILES string of the molecule is [2H][C@]1(OC(C)=O)C=C2C=CCC[C@]2(C)CC1. The summed E-state index contributed by atoms with van der Waals surface area (Å²) in [6.07, 6.45) is 8.62. The summed E-state index contributed by atoms with van der Waals surface area (Å²) in [4.78, 5) is 11.0. The maximum atomic E-state index is 11.0. The second kappa shape index (κ2) is 3.84. The Bertz CT molecular complexity index is 372. The van der Waals surface area contributed by atoms with E-state index >= 15 is 0 Å². The minimum Gasteiger partial charge on any atom is -0.458 e. The summed E-state index contributed by atoms with van der Waals surface area (Å²) in [6, 6.07) is 0. The fourth-order valence-corrected chi connectivity index (χ4v) is 2.36. The Hall–Kier alpha value is -1.05. The van der Waals surface area contributed by atoms with Crippen molar-refractivity contribution in [3.63, 3.8) is 0 Å². The van der Waals surface area contributed by atoms with Gasteiger partial charge in [0.2, 0.25) is 0 Å². The van der Waals surface area contributed by atoms with E-state index in [2.05, 4.69) is 19.1 Å². The highest BCUT2D eigenvalue weighted by Gasteiger charge is 2.34. The van der Waals surface area contributed by atoms with Crippen molar-refractivity contribution in [3.8, 4) is 0 Å². The minimum atomic E-state index is -1.15. The molecule has 0 aromatic carbocycles. The standard InChI is InChI=1S/C13H18O2/c1-10(14)15-12-6-8-13(2)7-4-3-5-11(13)9-12/h3,5,9,12H,4,6-8H2,1-2H3/t12-,13-/m1/s1/i12D. The van der Waals surface area contributed by atoms with E-state index in [4.69, 9.17) is 6.11 Å². The van der Waals surface area contributed by atoms with Crippen LogP contribution in [-0.4, -0.2) is 12.0 Å². The Kier molecular flexibility index (Phi) is 2.35. The molecule has 0 saturated heterocycles. The first-order valence-corrected chi connectivity index (χ1v) is 5.53. The van der Waals surface area contributed by atoms with Gasteiger partial charge in [-0.15, -0.1) is 0 Å². The van der Waals surface area contributed by atoms with E-state index in [0.717, 1.165) is 24.8 Å². The second-order valence-corrected chi connectivity index (χ2v) is 4.66. The summed E-state index contributed by atoms with van der Waals surface area (Å²) in [6.45, 7) is 3.59. The third kappa shape index (κ3) is 2.14. The number of hydrogen-bond acceptors (Lipinski definition) is 2. The van der Waals surface area contributed by atoms with Crippen LogP contribution in [-0.2, 0) is 9.53 Å². The fourth-order valence-electron chi connectivity index (χ4n) is 2.36. The monoisotopic (exact) mass is 207 g/mol. The van der Waals surface area contributed by atoms with Gasteiger partial charge in [0.15, 0.2) is 0 Å². The molecule has 0 aromatic rings. The molecule has 15 heavy (non-hydrogen) atoms. The first-order chi connectivity index (χ1) is 7.44. The van der Waals surface area contributed by atoms with Crippen LogP contribution in [0.1, 0.15) is 40.9 Å². The van der Waals surface area contributed by atoms with Crippen molar-refractivity contribution in [2.24, 2.45) is 5.41 Å². The summed E-state index contributed by atoms with van der Waals surface area (Å²) in [7, 11) is 0. The van der Waals surface area contributed by atoms with E-state index in [1.807, 2.05) is 6.08 Å². The number of esters is 1. The van der Waals surface area contributed by atoms with Gasteiger partial charge in [0.05, 0.1) is 1.37 Å². The Morgan fingerprint density at radius 2 is 2.47 bits per heavy atom. The van der Waals surface area contributed by atoms with Gasteiger partial charge in [0.1, 0.15) is 6.08 Å². The molecule has 0 spiro atoms. The first-order valence-electron chi connectivity index (χ1n) is 6.03. The van der Waals surface area contributed by atoms with Crippen LogP contribution in [0, 0.1) is 5.41 Å². The lowest BCUT2D eigenvalue weighted by Crippen LogP contribution is -2.30. The van der Waals surface area contributed by atoms with Crippen LogP contribution < -0.4 is 0 Å². The molecular weight excluding hydrogens is 188 g/mol. The predicted molar refractivity (Wildman–Crippen MR) is 59.4 cm³/mol. The molecule has 2 atom stereocenters. The molecule has 2 aliphatic carbocycles. The van der Waals surface area contributed by atoms with Crippen molar-refractivity contribution in [3.05, 3.63) is 23.8 Å². The highest BCUT2D eigenvalue weighted by molar-refractivity contribution is 5.66. The molecule has 82 valence electrons. The Balaban J connectivity index is 2.29. The van der Waals surface area contributed by atoms with Crippen molar-refractivity contribution in [1.82, 2.24) is 0 Å². The quantitative estimate of drug-likeness (QED) is 0.618. The summed E-state index contributed by atoms with van der Waals surface area (Å²) in [5.74, 6) is -0.379. The largest absolute Gasteiger partial charge is 0.458 e. The molecule has 2 nitrogen and oxygen atoms in total. The van der Waals surface area contributed by atoms with Crippen LogP contribution in [0.2, 0.25) is 0 Å². The zero-order chi connectivity index (χ0) is 11.8. The highest BCUT2D eigenvalue weighted by atomic mass is 16.5. The number of fused-ring (bicyclic) bond motifs is 1. The normalized spacial score (nSPS) is 40.1. The van der Waals surface area contributed by atoms with Crippen molar-refractivity contribution < 1.29 is 10.9 Å². The van der Waals surface area contributed by atoms with E-state index < -0.39 is 6.08 Å². The van der Waals surface area contributed by atoms with E-state index in [0.29, 0.717) is 6.42 Å². The van der Waals surface area contributed by atoms with Crippen LogP contribution in [0.3, 0.4) is 0 Å². The van der Waals surface area contributed by atoms with Crippen molar-refractivity contribution in [2.75, 3.05) is 0 Å². The summed E-state index contributed by atoms with van der Waals surface area (Å²) < 4.78 is 13.2. The molecule has 0 heterocycles.